The standard InChI is InChI=1S/C17H17NO3/c1-21-13-8-6-12(7-9-13)10-18-11-15(17(19)20)14-4-2-3-5-16(14)18/h2-9,15H,10-11H2,1H3,(H,19,20). The second kappa shape index (κ2) is 5.48. The Morgan fingerprint density at radius 2 is 1.95 bits per heavy atom. The minimum Gasteiger partial charge on any atom is -0.497 e. The summed E-state index contributed by atoms with van der Waals surface area (Å²) >= 11 is 0. The maximum atomic E-state index is 11.4. The zero-order valence-corrected chi connectivity index (χ0v) is 11.8. The molecule has 2 aromatic rings. The molecule has 1 aliphatic rings. The summed E-state index contributed by atoms with van der Waals surface area (Å²) in [5.74, 6) is -0.386. The number of ether oxygens (including phenoxy) is 1. The fourth-order valence-electron chi connectivity index (χ4n) is 2.80. The van der Waals surface area contributed by atoms with Crippen molar-refractivity contribution in [2.45, 2.75) is 12.5 Å². The molecule has 2 aromatic carbocycles. The summed E-state index contributed by atoms with van der Waals surface area (Å²) in [6, 6.07) is 15.6. The third kappa shape index (κ3) is 2.57. The van der Waals surface area contributed by atoms with Crippen molar-refractivity contribution >= 4 is 11.7 Å². The molecule has 0 amide bonds. The highest BCUT2D eigenvalue weighted by Crippen LogP contribution is 2.37. The van der Waals surface area contributed by atoms with Crippen molar-refractivity contribution in [3.05, 3.63) is 59.7 Å². The normalized spacial score (nSPS) is 16.6. The Morgan fingerprint density at radius 1 is 1.24 bits per heavy atom. The Morgan fingerprint density at radius 3 is 2.62 bits per heavy atom. The summed E-state index contributed by atoms with van der Waals surface area (Å²) in [5.41, 5.74) is 3.05. The van der Waals surface area contributed by atoms with Gasteiger partial charge in [0.2, 0.25) is 0 Å². The third-order valence-electron chi connectivity index (χ3n) is 3.89. The molecule has 1 heterocycles. The van der Waals surface area contributed by atoms with Gasteiger partial charge in [-0.2, -0.15) is 0 Å². The number of aliphatic carboxylic acids is 1. The number of anilines is 1. The lowest BCUT2D eigenvalue weighted by molar-refractivity contribution is -0.138. The number of rotatable bonds is 4. The van der Waals surface area contributed by atoms with Crippen LogP contribution < -0.4 is 9.64 Å². The highest BCUT2D eigenvalue weighted by molar-refractivity contribution is 5.82. The van der Waals surface area contributed by atoms with Crippen molar-refractivity contribution < 1.29 is 14.6 Å². The van der Waals surface area contributed by atoms with Gasteiger partial charge in [0.05, 0.1) is 7.11 Å². The summed E-state index contributed by atoms with van der Waals surface area (Å²) in [6.45, 7) is 1.21. The molecule has 0 bridgehead atoms. The van der Waals surface area contributed by atoms with Crippen LogP contribution in [-0.2, 0) is 11.3 Å². The van der Waals surface area contributed by atoms with Crippen molar-refractivity contribution in [3.8, 4) is 5.75 Å². The SMILES string of the molecule is COc1ccc(CN2CC(C(=O)O)c3ccccc32)cc1. The van der Waals surface area contributed by atoms with Gasteiger partial charge in [0.25, 0.3) is 0 Å². The van der Waals surface area contributed by atoms with Gasteiger partial charge in [-0.25, -0.2) is 0 Å². The quantitative estimate of drug-likeness (QED) is 0.937. The van der Waals surface area contributed by atoms with Crippen LogP contribution in [0.2, 0.25) is 0 Å². The maximum absolute atomic E-state index is 11.4. The summed E-state index contributed by atoms with van der Waals surface area (Å²) in [6.07, 6.45) is 0. The van der Waals surface area contributed by atoms with Gasteiger partial charge in [-0.05, 0) is 29.3 Å². The summed E-state index contributed by atoms with van der Waals surface area (Å²) in [4.78, 5) is 13.5. The fourth-order valence-corrected chi connectivity index (χ4v) is 2.80. The van der Waals surface area contributed by atoms with Gasteiger partial charge in [-0.3, -0.25) is 4.79 Å². The van der Waals surface area contributed by atoms with Gasteiger partial charge < -0.3 is 14.7 Å². The number of carboxylic acid groups (broad SMARTS) is 1. The van der Waals surface area contributed by atoms with Crippen LogP contribution in [0.25, 0.3) is 0 Å². The Kier molecular flexibility index (Phi) is 3.52. The molecule has 0 radical (unpaired) electrons. The largest absolute Gasteiger partial charge is 0.497 e. The molecule has 0 spiro atoms. The number of nitrogens with zero attached hydrogens (tertiary/aromatic N) is 1. The number of methoxy groups -OCH3 is 1. The minimum absolute atomic E-state index is 0.445. The summed E-state index contributed by atoms with van der Waals surface area (Å²) < 4.78 is 5.15. The average molecular weight is 283 g/mol. The lowest BCUT2D eigenvalue weighted by Gasteiger charge is -2.19. The molecule has 0 aromatic heterocycles. The molecule has 1 unspecified atom stereocenters. The van der Waals surface area contributed by atoms with E-state index in [-0.39, 0.29) is 0 Å². The number of carboxylic acids is 1. The first-order valence-corrected chi connectivity index (χ1v) is 6.88. The van der Waals surface area contributed by atoms with E-state index in [0.29, 0.717) is 13.1 Å². The van der Waals surface area contributed by atoms with Crippen LogP contribution in [0, 0.1) is 0 Å². The van der Waals surface area contributed by atoms with Gasteiger partial charge in [-0.15, -0.1) is 0 Å². The van der Waals surface area contributed by atoms with Crippen LogP contribution in [0.15, 0.2) is 48.5 Å². The second-order valence-corrected chi connectivity index (χ2v) is 5.18. The van der Waals surface area contributed by atoms with Crippen LogP contribution in [0.1, 0.15) is 17.0 Å². The lowest BCUT2D eigenvalue weighted by atomic mass is 10.0. The number of para-hydroxylation sites is 1. The number of hydrogen-bond acceptors (Lipinski definition) is 3. The maximum Gasteiger partial charge on any atom is 0.312 e. The third-order valence-corrected chi connectivity index (χ3v) is 3.89. The molecule has 108 valence electrons. The molecule has 1 atom stereocenters. The van der Waals surface area contributed by atoms with Crippen molar-refractivity contribution in [1.82, 2.24) is 0 Å². The van der Waals surface area contributed by atoms with E-state index in [9.17, 15) is 9.90 Å². The van der Waals surface area contributed by atoms with Crippen LogP contribution in [0.5, 0.6) is 5.75 Å². The van der Waals surface area contributed by atoms with Crippen molar-refractivity contribution in [3.63, 3.8) is 0 Å². The van der Waals surface area contributed by atoms with Gasteiger partial charge in [0.15, 0.2) is 0 Å². The molecule has 1 aliphatic heterocycles. The van der Waals surface area contributed by atoms with E-state index in [0.717, 1.165) is 22.6 Å². The van der Waals surface area contributed by atoms with Gasteiger partial charge in [0, 0.05) is 18.8 Å². The molecular weight excluding hydrogens is 266 g/mol. The Labute approximate surface area is 123 Å². The predicted octanol–water partition coefficient (Wildman–Crippen LogP) is 2.88. The summed E-state index contributed by atoms with van der Waals surface area (Å²) in [5, 5.41) is 9.37. The topological polar surface area (TPSA) is 49.8 Å². The number of hydrogen-bond donors (Lipinski definition) is 1. The number of carbonyl (C=O) groups is 1. The fraction of sp³-hybridized carbons (Fsp3) is 0.235. The van der Waals surface area contributed by atoms with Crippen LogP contribution >= 0.6 is 0 Å². The van der Waals surface area contributed by atoms with E-state index < -0.39 is 11.9 Å². The molecule has 4 heteroatoms. The Balaban J connectivity index is 1.84. The van der Waals surface area contributed by atoms with Gasteiger partial charge in [0.1, 0.15) is 11.7 Å². The van der Waals surface area contributed by atoms with Crippen molar-refractivity contribution in [1.29, 1.82) is 0 Å². The van der Waals surface area contributed by atoms with E-state index in [1.807, 2.05) is 48.5 Å². The summed E-state index contributed by atoms with van der Waals surface area (Å²) in [7, 11) is 1.64. The first-order chi connectivity index (χ1) is 10.2. The number of fused-ring (bicyclic) bond motifs is 1. The highest BCUT2D eigenvalue weighted by atomic mass is 16.5. The average Bonchev–Trinajstić information content (AvgIpc) is 2.87. The lowest BCUT2D eigenvalue weighted by Crippen LogP contribution is -2.24. The van der Waals surface area contributed by atoms with E-state index in [4.69, 9.17) is 4.74 Å². The van der Waals surface area contributed by atoms with E-state index in [2.05, 4.69) is 4.90 Å². The number of benzene rings is 2. The molecular formula is C17H17NO3. The molecule has 1 N–H and O–H groups in total. The predicted molar refractivity (Wildman–Crippen MR) is 80.9 cm³/mol. The minimum atomic E-state index is -0.764. The zero-order valence-electron chi connectivity index (χ0n) is 11.8. The van der Waals surface area contributed by atoms with Crippen LogP contribution in [-0.4, -0.2) is 24.7 Å². The van der Waals surface area contributed by atoms with E-state index >= 15 is 0 Å². The molecule has 3 rings (SSSR count). The van der Waals surface area contributed by atoms with Gasteiger partial charge >= 0.3 is 5.97 Å². The second-order valence-electron chi connectivity index (χ2n) is 5.18. The smallest absolute Gasteiger partial charge is 0.312 e. The molecule has 4 nitrogen and oxygen atoms in total. The monoisotopic (exact) mass is 283 g/mol. The highest BCUT2D eigenvalue weighted by Gasteiger charge is 2.32. The van der Waals surface area contributed by atoms with Crippen LogP contribution in [0.3, 0.4) is 0 Å². The Hall–Kier alpha value is -2.49. The molecule has 21 heavy (non-hydrogen) atoms. The van der Waals surface area contributed by atoms with Crippen molar-refractivity contribution in [2.24, 2.45) is 0 Å². The molecule has 0 aliphatic carbocycles. The Bertz CT molecular complexity index is 651. The molecule has 0 fully saturated rings. The molecule has 0 saturated heterocycles. The van der Waals surface area contributed by atoms with E-state index in [1.165, 1.54) is 0 Å². The molecule has 0 saturated carbocycles. The van der Waals surface area contributed by atoms with Gasteiger partial charge in [-0.1, -0.05) is 30.3 Å². The zero-order chi connectivity index (χ0) is 14.8. The van der Waals surface area contributed by atoms with Crippen LogP contribution in [0.4, 0.5) is 5.69 Å². The van der Waals surface area contributed by atoms with Crippen molar-refractivity contribution in [2.75, 3.05) is 18.6 Å². The van der Waals surface area contributed by atoms with E-state index in [1.54, 1.807) is 7.11 Å². The first kappa shape index (κ1) is 13.5. The first-order valence-electron chi connectivity index (χ1n) is 6.88.